The molecule has 0 aromatic heterocycles. The van der Waals surface area contributed by atoms with E-state index in [4.69, 9.17) is 5.73 Å². The Hall–Kier alpha value is -1.14. The van der Waals surface area contributed by atoms with Gasteiger partial charge in [0, 0.05) is 19.0 Å². The van der Waals surface area contributed by atoms with Crippen molar-refractivity contribution in [3.05, 3.63) is 0 Å². The smallest absolute Gasteiger partial charge is 0.246 e. The van der Waals surface area contributed by atoms with E-state index in [-0.39, 0.29) is 23.3 Å². The summed E-state index contributed by atoms with van der Waals surface area (Å²) in [6.07, 6.45) is 2.03. The van der Waals surface area contributed by atoms with Crippen LogP contribution < -0.4 is 11.1 Å². The average Bonchev–Trinajstić information content (AvgIpc) is 2.73. The first kappa shape index (κ1) is 18.9. The normalized spacial score (nSPS) is 23.5. The van der Waals surface area contributed by atoms with Gasteiger partial charge in [0.25, 0.3) is 0 Å². The maximum Gasteiger partial charge on any atom is 0.246 e. The van der Waals surface area contributed by atoms with Gasteiger partial charge in [-0.1, -0.05) is 20.8 Å². The number of nitrogens with one attached hydrogen (secondary N) is 1. The molecule has 128 valence electrons. The summed E-state index contributed by atoms with van der Waals surface area (Å²) < 4.78 is 0. The van der Waals surface area contributed by atoms with Gasteiger partial charge in [0.15, 0.2) is 0 Å². The fourth-order valence-electron chi connectivity index (χ4n) is 2.79. The first-order valence-electron chi connectivity index (χ1n) is 8.14. The van der Waals surface area contributed by atoms with Crippen LogP contribution in [0.4, 0.5) is 0 Å². The number of hydrogen-bond donors (Lipinski definition) is 3. The summed E-state index contributed by atoms with van der Waals surface area (Å²) in [6.45, 7) is 8.65. The number of carbonyl (C=O) groups is 2. The molecule has 6 nitrogen and oxygen atoms in total. The summed E-state index contributed by atoms with van der Waals surface area (Å²) in [4.78, 5) is 26.5. The number of carbonyl (C=O) groups excluding carboxylic acids is 2. The molecule has 1 heterocycles. The number of hydrogen-bond acceptors (Lipinski definition) is 4. The molecule has 0 radical (unpaired) electrons. The zero-order valence-corrected chi connectivity index (χ0v) is 14.3. The Labute approximate surface area is 133 Å². The second-order valence-corrected chi connectivity index (χ2v) is 7.34. The second-order valence-electron chi connectivity index (χ2n) is 7.34. The van der Waals surface area contributed by atoms with Gasteiger partial charge in [0.05, 0.1) is 6.10 Å². The monoisotopic (exact) mass is 313 g/mol. The van der Waals surface area contributed by atoms with E-state index in [0.717, 1.165) is 12.8 Å². The number of amides is 2. The van der Waals surface area contributed by atoms with E-state index < -0.39 is 12.1 Å². The molecule has 1 fully saturated rings. The highest BCUT2D eigenvalue weighted by atomic mass is 16.3. The Kier molecular flexibility index (Phi) is 6.81. The lowest BCUT2D eigenvalue weighted by molar-refractivity contribution is -0.140. The second kappa shape index (κ2) is 7.92. The SMILES string of the molecule is C[C@@H]1CC(O)CN1C(=O)[C@@H](NC(=O)CCCCN)C(C)(C)C. The molecule has 0 aromatic rings. The van der Waals surface area contributed by atoms with Gasteiger partial charge >= 0.3 is 0 Å². The lowest BCUT2D eigenvalue weighted by Crippen LogP contribution is -2.55. The van der Waals surface area contributed by atoms with Crippen molar-refractivity contribution in [3.63, 3.8) is 0 Å². The van der Waals surface area contributed by atoms with Crippen LogP contribution in [0.5, 0.6) is 0 Å². The third kappa shape index (κ3) is 5.25. The fraction of sp³-hybridized carbons (Fsp3) is 0.875. The Morgan fingerprint density at radius 2 is 2.00 bits per heavy atom. The number of β-amino-alcohol motifs (C(OH)–C–C–N with tert-alkyl or cyclic N) is 1. The molecule has 6 heteroatoms. The van der Waals surface area contributed by atoms with Gasteiger partial charge in [-0.05, 0) is 38.1 Å². The number of likely N-dealkylation sites (tertiary alicyclic amines) is 1. The lowest BCUT2D eigenvalue weighted by atomic mass is 9.85. The molecule has 0 spiro atoms. The molecule has 1 rings (SSSR count). The van der Waals surface area contributed by atoms with E-state index in [1.165, 1.54) is 0 Å². The van der Waals surface area contributed by atoms with Gasteiger partial charge in [-0.3, -0.25) is 9.59 Å². The Balaban J connectivity index is 2.72. The summed E-state index contributed by atoms with van der Waals surface area (Å²) >= 11 is 0. The standard InChI is InChI=1S/C16H31N3O3/c1-11-9-12(20)10-19(11)15(22)14(16(2,3)4)18-13(21)7-5-6-8-17/h11-12,14,20H,5-10,17H2,1-4H3,(H,18,21)/t11-,12?,14-/m1/s1. The Morgan fingerprint density at radius 3 is 2.45 bits per heavy atom. The van der Waals surface area contributed by atoms with Crippen LogP contribution in [0.1, 0.15) is 53.4 Å². The maximum absolute atomic E-state index is 12.8. The molecule has 0 aromatic carbocycles. The summed E-state index contributed by atoms with van der Waals surface area (Å²) in [6, 6.07) is -0.577. The molecule has 0 bridgehead atoms. The van der Waals surface area contributed by atoms with Crippen molar-refractivity contribution in [2.24, 2.45) is 11.1 Å². The molecule has 2 amide bonds. The zero-order valence-electron chi connectivity index (χ0n) is 14.3. The van der Waals surface area contributed by atoms with Crippen molar-refractivity contribution < 1.29 is 14.7 Å². The summed E-state index contributed by atoms with van der Waals surface area (Å²) in [5, 5.41) is 12.6. The van der Waals surface area contributed by atoms with E-state index >= 15 is 0 Å². The van der Waals surface area contributed by atoms with E-state index in [9.17, 15) is 14.7 Å². The number of rotatable bonds is 6. The maximum atomic E-state index is 12.8. The minimum absolute atomic E-state index is 0.00138. The summed E-state index contributed by atoms with van der Waals surface area (Å²) in [5.41, 5.74) is 5.05. The molecule has 0 saturated carbocycles. The van der Waals surface area contributed by atoms with Crippen LogP contribution in [-0.2, 0) is 9.59 Å². The minimum Gasteiger partial charge on any atom is -0.391 e. The number of aliphatic hydroxyl groups is 1. The number of aliphatic hydroxyl groups excluding tert-OH is 1. The molecular weight excluding hydrogens is 282 g/mol. The van der Waals surface area contributed by atoms with Crippen LogP contribution in [0, 0.1) is 5.41 Å². The van der Waals surface area contributed by atoms with Crippen molar-refractivity contribution in [1.29, 1.82) is 0 Å². The molecule has 4 N–H and O–H groups in total. The molecule has 1 unspecified atom stereocenters. The predicted molar refractivity (Wildman–Crippen MR) is 86.1 cm³/mol. The predicted octanol–water partition coefficient (Wildman–Crippen LogP) is 0.628. The first-order chi connectivity index (χ1) is 10.2. The number of nitrogens with zero attached hydrogens (tertiary/aromatic N) is 1. The molecule has 0 aliphatic carbocycles. The molecule has 22 heavy (non-hydrogen) atoms. The third-order valence-electron chi connectivity index (χ3n) is 4.11. The van der Waals surface area contributed by atoms with E-state index in [1.54, 1.807) is 4.90 Å². The van der Waals surface area contributed by atoms with Gasteiger partial charge in [-0.2, -0.15) is 0 Å². The van der Waals surface area contributed by atoms with Gasteiger partial charge in [0.2, 0.25) is 11.8 Å². The summed E-state index contributed by atoms with van der Waals surface area (Å²) in [5.74, 6) is -0.224. The number of unbranched alkanes of at least 4 members (excludes halogenated alkanes) is 1. The topological polar surface area (TPSA) is 95.7 Å². The van der Waals surface area contributed by atoms with Crippen LogP contribution in [0.2, 0.25) is 0 Å². The van der Waals surface area contributed by atoms with E-state index in [0.29, 0.717) is 25.9 Å². The highest BCUT2D eigenvalue weighted by molar-refractivity contribution is 5.88. The van der Waals surface area contributed by atoms with E-state index in [2.05, 4.69) is 5.32 Å². The van der Waals surface area contributed by atoms with Gasteiger partial charge in [0.1, 0.15) is 6.04 Å². The highest BCUT2D eigenvalue weighted by Crippen LogP contribution is 2.25. The van der Waals surface area contributed by atoms with Crippen molar-refractivity contribution in [2.45, 2.75) is 71.6 Å². The molecular formula is C16H31N3O3. The van der Waals surface area contributed by atoms with Crippen molar-refractivity contribution in [3.8, 4) is 0 Å². The van der Waals surface area contributed by atoms with Crippen molar-refractivity contribution >= 4 is 11.8 Å². The van der Waals surface area contributed by atoms with Crippen LogP contribution in [-0.4, -0.2) is 53.1 Å². The average molecular weight is 313 g/mol. The Bertz CT molecular complexity index is 393. The van der Waals surface area contributed by atoms with Crippen LogP contribution in [0.15, 0.2) is 0 Å². The molecule has 1 aliphatic rings. The fourth-order valence-corrected chi connectivity index (χ4v) is 2.79. The van der Waals surface area contributed by atoms with Gasteiger partial charge < -0.3 is 21.1 Å². The third-order valence-corrected chi connectivity index (χ3v) is 4.11. The lowest BCUT2D eigenvalue weighted by Gasteiger charge is -2.35. The highest BCUT2D eigenvalue weighted by Gasteiger charge is 2.40. The minimum atomic E-state index is -0.578. The van der Waals surface area contributed by atoms with Crippen LogP contribution in [0.3, 0.4) is 0 Å². The van der Waals surface area contributed by atoms with Crippen LogP contribution in [0.25, 0.3) is 0 Å². The summed E-state index contributed by atoms with van der Waals surface area (Å²) in [7, 11) is 0. The van der Waals surface area contributed by atoms with E-state index in [1.807, 2.05) is 27.7 Å². The molecule has 3 atom stereocenters. The van der Waals surface area contributed by atoms with Crippen molar-refractivity contribution in [1.82, 2.24) is 10.2 Å². The quantitative estimate of drug-likeness (QED) is 0.627. The van der Waals surface area contributed by atoms with Gasteiger partial charge in [-0.15, -0.1) is 0 Å². The first-order valence-corrected chi connectivity index (χ1v) is 8.14. The number of nitrogens with two attached hydrogens (primary N) is 1. The van der Waals surface area contributed by atoms with Crippen LogP contribution >= 0.6 is 0 Å². The van der Waals surface area contributed by atoms with Gasteiger partial charge in [-0.25, -0.2) is 0 Å². The largest absolute Gasteiger partial charge is 0.391 e. The Morgan fingerprint density at radius 1 is 1.36 bits per heavy atom. The zero-order chi connectivity index (χ0) is 16.9. The molecule has 1 aliphatic heterocycles. The van der Waals surface area contributed by atoms with Crippen molar-refractivity contribution in [2.75, 3.05) is 13.1 Å². The molecule has 1 saturated heterocycles.